The third-order valence-electron chi connectivity index (χ3n) is 5.68. The zero-order valence-corrected chi connectivity index (χ0v) is 20.1. The number of carbonyl (C=O) groups excluding carboxylic acids is 2. The number of furan rings is 1. The van der Waals surface area contributed by atoms with Gasteiger partial charge in [0.05, 0.1) is 30.6 Å². The van der Waals surface area contributed by atoms with Gasteiger partial charge in [0.1, 0.15) is 6.26 Å². The van der Waals surface area contributed by atoms with Crippen LogP contribution in [0.25, 0.3) is 0 Å². The lowest BCUT2D eigenvalue weighted by Crippen LogP contribution is -2.28. The van der Waals surface area contributed by atoms with Gasteiger partial charge in [0.2, 0.25) is 0 Å². The molecule has 0 fully saturated rings. The van der Waals surface area contributed by atoms with Crippen LogP contribution in [0.5, 0.6) is 11.5 Å². The summed E-state index contributed by atoms with van der Waals surface area (Å²) in [6.45, 7) is 5.31. The Kier molecular flexibility index (Phi) is 7.12. The van der Waals surface area contributed by atoms with Crippen molar-refractivity contribution in [3.8, 4) is 11.5 Å². The van der Waals surface area contributed by atoms with E-state index in [1.807, 2.05) is 12.1 Å². The van der Waals surface area contributed by atoms with Crippen LogP contribution in [0.2, 0.25) is 5.02 Å². The van der Waals surface area contributed by atoms with Crippen molar-refractivity contribution in [1.82, 2.24) is 0 Å². The van der Waals surface area contributed by atoms with Crippen LogP contribution in [0, 0.1) is 5.92 Å². The Bertz CT molecular complexity index is 1190. The smallest absolute Gasteiger partial charge is 0.261 e. The second-order valence-electron chi connectivity index (χ2n) is 8.54. The van der Waals surface area contributed by atoms with Crippen molar-refractivity contribution in [2.24, 2.45) is 5.92 Å². The normalized spacial score (nSPS) is 12.6. The third kappa shape index (κ3) is 5.04. The average molecular weight is 483 g/mol. The maximum absolute atomic E-state index is 12.9. The van der Waals surface area contributed by atoms with Crippen LogP contribution in [-0.4, -0.2) is 32.1 Å². The number of nitrogens with one attached hydrogen (secondary N) is 1. The van der Waals surface area contributed by atoms with E-state index in [9.17, 15) is 9.59 Å². The zero-order valence-electron chi connectivity index (χ0n) is 19.4. The molecule has 178 valence electrons. The third-order valence-corrected chi connectivity index (χ3v) is 5.96. The highest BCUT2D eigenvalue weighted by atomic mass is 35.5. The van der Waals surface area contributed by atoms with E-state index in [1.165, 1.54) is 19.6 Å². The van der Waals surface area contributed by atoms with Crippen molar-refractivity contribution >= 4 is 34.8 Å². The largest absolute Gasteiger partial charge is 0.493 e. The molecule has 8 heteroatoms. The van der Waals surface area contributed by atoms with Gasteiger partial charge in [0.25, 0.3) is 11.8 Å². The van der Waals surface area contributed by atoms with E-state index in [-0.39, 0.29) is 11.8 Å². The number of methoxy groups -OCH3 is 1. The van der Waals surface area contributed by atoms with Crippen molar-refractivity contribution in [2.75, 3.05) is 30.5 Å². The molecule has 0 saturated carbocycles. The molecule has 1 aromatic heterocycles. The van der Waals surface area contributed by atoms with Crippen LogP contribution in [0.3, 0.4) is 0 Å². The minimum absolute atomic E-state index is 0.110. The molecule has 0 spiro atoms. The standard InChI is InChI=1S/C26H27ClN2O5/c1-16(2)7-11-34-24-21(27)13-19(14-23(24)32-3)25(30)28-20-4-5-22-17(12-20)6-9-29(22)26(31)18-8-10-33-15-18/h4-5,8,10,12-16H,6-7,9,11H2,1-3H3,(H,28,30). The highest BCUT2D eigenvalue weighted by molar-refractivity contribution is 6.32. The molecule has 0 bridgehead atoms. The van der Waals surface area contributed by atoms with Gasteiger partial charge in [-0.25, -0.2) is 0 Å². The molecule has 7 nitrogen and oxygen atoms in total. The Morgan fingerprint density at radius 2 is 2.00 bits per heavy atom. The molecule has 2 amide bonds. The first-order valence-corrected chi connectivity index (χ1v) is 11.5. The zero-order chi connectivity index (χ0) is 24.2. The molecule has 2 aromatic carbocycles. The first-order valence-electron chi connectivity index (χ1n) is 11.2. The van der Waals surface area contributed by atoms with Gasteiger partial charge in [-0.2, -0.15) is 0 Å². The molecule has 2 heterocycles. The van der Waals surface area contributed by atoms with Crippen molar-refractivity contribution in [3.05, 3.63) is 70.6 Å². The minimum Gasteiger partial charge on any atom is -0.493 e. The maximum atomic E-state index is 12.9. The summed E-state index contributed by atoms with van der Waals surface area (Å²) in [6.07, 6.45) is 4.50. The lowest BCUT2D eigenvalue weighted by Gasteiger charge is -2.17. The quantitative estimate of drug-likeness (QED) is 0.437. The Labute approximate surface area is 203 Å². The number of fused-ring (bicyclic) bond motifs is 1. The highest BCUT2D eigenvalue weighted by Gasteiger charge is 2.26. The van der Waals surface area contributed by atoms with Gasteiger partial charge in [-0.3, -0.25) is 9.59 Å². The second kappa shape index (κ2) is 10.2. The Morgan fingerprint density at radius 3 is 2.71 bits per heavy atom. The molecule has 1 aliphatic rings. The predicted octanol–water partition coefficient (Wildman–Crippen LogP) is 5.82. The molecular weight excluding hydrogens is 456 g/mol. The summed E-state index contributed by atoms with van der Waals surface area (Å²) in [6, 6.07) is 10.3. The minimum atomic E-state index is -0.321. The number of hydrogen-bond acceptors (Lipinski definition) is 5. The molecule has 0 radical (unpaired) electrons. The van der Waals surface area contributed by atoms with Crippen molar-refractivity contribution in [1.29, 1.82) is 0 Å². The molecule has 0 aliphatic carbocycles. The highest BCUT2D eigenvalue weighted by Crippen LogP contribution is 2.37. The number of amides is 2. The first-order chi connectivity index (χ1) is 16.4. The Hall–Kier alpha value is -3.45. The van der Waals surface area contributed by atoms with E-state index >= 15 is 0 Å². The van der Waals surface area contributed by atoms with E-state index in [4.69, 9.17) is 25.5 Å². The number of carbonyl (C=O) groups is 2. The summed E-state index contributed by atoms with van der Waals surface area (Å²) in [5.41, 5.74) is 3.31. The van der Waals surface area contributed by atoms with Gasteiger partial charge in [-0.05, 0) is 60.7 Å². The molecule has 4 rings (SSSR count). The lowest BCUT2D eigenvalue weighted by molar-refractivity contribution is 0.0987. The first kappa shape index (κ1) is 23.7. The predicted molar refractivity (Wildman–Crippen MR) is 131 cm³/mol. The summed E-state index contributed by atoms with van der Waals surface area (Å²) in [5, 5.41) is 3.22. The number of ether oxygens (including phenoxy) is 2. The second-order valence-corrected chi connectivity index (χ2v) is 8.94. The molecule has 0 atom stereocenters. The van der Waals surface area contributed by atoms with Gasteiger partial charge < -0.3 is 24.1 Å². The summed E-state index contributed by atoms with van der Waals surface area (Å²) in [4.78, 5) is 27.4. The SMILES string of the molecule is COc1cc(C(=O)Nc2ccc3c(c2)CCN3C(=O)c2ccoc2)cc(Cl)c1OCCC(C)C. The fourth-order valence-corrected chi connectivity index (χ4v) is 4.09. The van der Waals surface area contributed by atoms with Crippen LogP contribution in [0.4, 0.5) is 11.4 Å². The Balaban J connectivity index is 1.48. The molecule has 1 aliphatic heterocycles. The maximum Gasteiger partial charge on any atom is 0.261 e. The molecule has 1 N–H and O–H groups in total. The van der Waals surface area contributed by atoms with Crippen molar-refractivity contribution < 1.29 is 23.5 Å². The van der Waals surface area contributed by atoms with Crippen LogP contribution >= 0.6 is 11.6 Å². The van der Waals surface area contributed by atoms with Crippen LogP contribution < -0.4 is 19.7 Å². The molecule has 0 unspecified atom stereocenters. The fraction of sp³-hybridized carbons (Fsp3) is 0.308. The summed E-state index contributed by atoms with van der Waals surface area (Å²) in [5.74, 6) is 0.906. The number of halogens is 1. The summed E-state index contributed by atoms with van der Waals surface area (Å²) >= 11 is 6.41. The number of rotatable bonds is 8. The number of anilines is 2. The van der Waals surface area contributed by atoms with Gasteiger partial charge in [0.15, 0.2) is 11.5 Å². The van der Waals surface area contributed by atoms with Gasteiger partial charge in [-0.15, -0.1) is 0 Å². The molecule has 0 saturated heterocycles. The van der Waals surface area contributed by atoms with E-state index in [2.05, 4.69) is 19.2 Å². The van der Waals surface area contributed by atoms with E-state index in [1.54, 1.807) is 29.2 Å². The fourth-order valence-electron chi connectivity index (χ4n) is 3.82. The van der Waals surface area contributed by atoms with Crippen LogP contribution in [0.1, 0.15) is 46.5 Å². The van der Waals surface area contributed by atoms with Crippen molar-refractivity contribution in [3.63, 3.8) is 0 Å². The molecular formula is C26H27ClN2O5. The van der Waals surface area contributed by atoms with Crippen LogP contribution in [-0.2, 0) is 6.42 Å². The lowest BCUT2D eigenvalue weighted by atomic mass is 10.1. The summed E-state index contributed by atoms with van der Waals surface area (Å²) in [7, 11) is 1.51. The molecule has 3 aromatic rings. The van der Waals surface area contributed by atoms with E-state index in [0.717, 1.165) is 17.7 Å². The number of hydrogen-bond donors (Lipinski definition) is 1. The Morgan fingerprint density at radius 1 is 1.18 bits per heavy atom. The summed E-state index contributed by atoms with van der Waals surface area (Å²) < 4.78 is 16.2. The number of nitrogens with zero attached hydrogens (tertiary/aromatic N) is 1. The van der Waals surface area contributed by atoms with Crippen molar-refractivity contribution in [2.45, 2.75) is 26.7 Å². The average Bonchev–Trinajstić information content (AvgIpc) is 3.49. The van der Waals surface area contributed by atoms with Gasteiger partial charge >= 0.3 is 0 Å². The molecule has 34 heavy (non-hydrogen) atoms. The van der Waals surface area contributed by atoms with Gasteiger partial charge in [0, 0.05) is 23.5 Å². The van der Waals surface area contributed by atoms with Gasteiger partial charge in [-0.1, -0.05) is 25.4 Å². The topological polar surface area (TPSA) is 81.0 Å². The van der Waals surface area contributed by atoms with E-state index < -0.39 is 0 Å². The van der Waals surface area contributed by atoms with Crippen LogP contribution in [0.15, 0.2) is 53.3 Å². The van der Waals surface area contributed by atoms with E-state index in [0.29, 0.717) is 58.8 Å². The number of benzene rings is 2. The monoisotopic (exact) mass is 482 g/mol.